The maximum atomic E-state index is 12.6. The van der Waals surface area contributed by atoms with Crippen LogP contribution in [0.1, 0.15) is 46.2 Å². The average molecular weight is 318 g/mol. The number of hydrogen-bond donors (Lipinski definition) is 1. The number of fused-ring (bicyclic) bond motifs is 2. The van der Waals surface area contributed by atoms with E-state index < -0.39 is 0 Å². The maximum Gasteiger partial charge on any atom is 0.272 e. The highest BCUT2D eigenvalue weighted by Crippen LogP contribution is 2.28. The molecule has 1 atom stereocenters. The molecule has 0 aliphatic heterocycles. The van der Waals surface area contributed by atoms with Crippen LogP contribution in [0.4, 0.5) is 0 Å². The second-order valence-electron chi connectivity index (χ2n) is 6.21. The van der Waals surface area contributed by atoms with Crippen molar-refractivity contribution >= 4 is 16.8 Å². The minimum atomic E-state index is -0.200. The van der Waals surface area contributed by atoms with E-state index in [0.717, 1.165) is 41.4 Å². The van der Waals surface area contributed by atoms with Crippen LogP contribution in [0.2, 0.25) is 0 Å². The number of carbonyl (C=O) groups is 1. The summed E-state index contributed by atoms with van der Waals surface area (Å²) in [6, 6.07) is 11.7. The van der Waals surface area contributed by atoms with Crippen molar-refractivity contribution in [2.24, 2.45) is 0 Å². The van der Waals surface area contributed by atoms with E-state index in [1.807, 2.05) is 31.2 Å². The Balaban J connectivity index is 1.61. The van der Waals surface area contributed by atoms with Crippen molar-refractivity contribution in [3.63, 3.8) is 0 Å². The molecule has 2 aromatic heterocycles. The summed E-state index contributed by atoms with van der Waals surface area (Å²) < 4.78 is 0. The molecule has 0 unspecified atom stereocenters. The molecule has 1 amide bonds. The summed E-state index contributed by atoms with van der Waals surface area (Å²) in [6.07, 6.45) is 4.74. The molecule has 0 radical (unpaired) electrons. The Bertz CT molecular complexity index is 922. The van der Waals surface area contributed by atoms with Gasteiger partial charge in [-0.05, 0) is 49.4 Å². The molecule has 1 aliphatic carbocycles. The summed E-state index contributed by atoms with van der Waals surface area (Å²) in [5.74, 6) is -0.200. The van der Waals surface area contributed by atoms with E-state index in [1.165, 1.54) is 5.56 Å². The van der Waals surface area contributed by atoms with E-state index in [0.29, 0.717) is 5.69 Å². The first-order chi connectivity index (χ1) is 11.7. The Morgan fingerprint density at radius 2 is 2.12 bits per heavy atom. The monoisotopic (exact) mass is 318 g/mol. The molecular weight excluding hydrogens is 300 g/mol. The van der Waals surface area contributed by atoms with Gasteiger partial charge in [-0.25, -0.2) is 0 Å². The van der Waals surface area contributed by atoms with E-state index in [-0.39, 0.29) is 11.9 Å². The van der Waals surface area contributed by atoms with E-state index >= 15 is 0 Å². The highest BCUT2D eigenvalue weighted by Gasteiger charge is 2.24. The molecule has 0 spiro atoms. The lowest BCUT2D eigenvalue weighted by atomic mass is 9.92. The molecule has 1 N–H and O–H groups in total. The Morgan fingerprint density at radius 3 is 3.04 bits per heavy atom. The zero-order chi connectivity index (χ0) is 16.5. The van der Waals surface area contributed by atoms with Gasteiger partial charge in [-0.3, -0.25) is 9.78 Å². The van der Waals surface area contributed by atoms with Crippen LogP contribution in [0, 0.1) is 6.92 Å². The molecule has 3 aromatic rings. The number of pyridine rings is 1. The lowest BCUT2D eigenvalue weighted by molar-refractivity contribution is 0.0926. The van der Waals surface area contributed by atoms with Crippen LogP contribution < -0.4 is 5.32 Å². The van der Waals surface area contributed by atoms with Gasteiger partial charge in [0.05, 0.1) is 17.3 Å². The number of benzene rings is 1. The van der Waals surface area contributed by atoms with Crippen molar-refractivity contribution in [2.45, 2.75) is 32.2 Å². The highest BCUT2D eigenvalue weighted by molar-refractivity contribution is 5.96. The Hall–Kier alpha value is -2.82. The van der Waals surface area contributed by atoms with Gasteiger partial charge in [-0.15, -0.1) is 10.2 Å². The summed E-state index contributed by atoms with van der Waals surface area (Å²) in [6.45, 7) is 1.99. The van der Waals surface area contributed by atoms with Crippen LogP contribution in [0.5, 0.6) is 0 Å². The van der Waals surface area contributed by atoms with Crippen molar-refractivity contribution in [3.8, 4) is 0 Å². The van der Waals surface area contributed by atoms with Crippen LogP contribution in [0.25, 0.3) is 10.9 Å². The van der Waals surface area contributed by atoms with Crippen LogP contribution >= 0.6 is 0 Å². The first kappa shape index (κ1) is 14.8. The number of hydrogen-bond acceptors (Lipinski definition) is 4. The molecule has 1 aromatic carbocycles. The second kappa shape index (κ2) is 6.00. The van der Waals surface area contributed by atoms with Crippen molar-refractivity contribution in [1.82, 2.24) is 20.5 Å². The fraction of sp³-hybridized carbons (Fsp3) is 0.263. The number of aromatic nitrogens is 3. The molecule has 1 aliphatic rings. The molecule has 120 valence electrons. The number of rotatable bonds is 2. The third kappa shape index (κ3) is 2.62. The minimum Gasteiger partial charge on any atom is -0.342 e. The highest BCUT2D eigenvalue weighted by atomic mass is 16.2. The Kier molecular flexibility index (Phi) is 3.69. The van der Waals surface area contributed by atoms with Crippen molar-refractivity contribution in [2.75, 3.05) is 0 Å². The van der Waals surface area contributed by atoms with Gasteiger partial charge >= 0.3 is 0 Å². The number of amides is 1. The fourth-order valence-electron chi connectivity index (χ4n) is 3.31. The van der Waals surface area contributed by atoms with Crippen molar-refractivity contribution in [3.05, 3.63) is 65.1 Å². The SMILES string of the molecule is Cc1cccc2cc(C(=O)N[C@@H]3CCCc4cccnc43)nnc12. The number of aryl methyl sites for hydroxylation is 2. The molecule has 0 saturated carbocycles. The van der Waals surface area contributed by atoms with Gasteiger partial charge in [0.25, 0.3) is 5.91 Å². The summed E-state index contributed by atoms with van der Waals surface area (Å²) in [4.78, 5) is 17.1. The van der Waals surface area contributed by atoms with Crippen molar-refractivity contribution < 1.29 is 4.79 Å². The topological polar surface area (TPSA) is 67.8 Å². The normalized spacial score (nSPS) is 16.6. The van der Waals surface area contributed by atoms with Gasteiger partial charge in [0.2, 0.25) is 0 Å². The molecule has 24 heavy (non-hydrogen) atoms. The van der Waals surface area contributed by atoms with Gasteiger partial charge in [-0.2, -0.15) is 0 Å². The molecule has 0 bridgehead atoms. The van der Waals surface area contributed by atoms with E-state index in [4.69, 9.17) is 0 Å². The predicted octanol–water partition coefficient (Wildman–Crippen LogP) is 3.14. The average Bonchev–Trinajstić information content (AvgIpc) is 2.62. The van der Waals surface area contributed by atoms with Crippen molar-refractivity contribution in [1.29, 1.82) is 0 Å². The van der Waals surface area contributed by atoms with Gasteiger partial charge in [0.1, 0.15) is 0 Å². The number of nitrogens with one attached hydrogen (secondary N) is 1. The first-order valence-corrected chi connectivity index (χ1v) is 8.20. The second-order valence-corrected chi connectivity index (χ2v) is 6.21. The number of nitrogens with zero attached hydrogens (tertiary/aromatic N) is 3. The maximum absolute atomic E-state index is 12.6. The zero-order valence-electron chi connectivity index (χ0n) is 13.5. The fourth-order valence-corrected chi connectivity index (χ4v) is 3.31. The standard InChI is InChI=1S/C19H18N4O/c1-12-5-2-7-14-11-16(22-23-17(12)14)19(24)21-15-9-3-6-13-8-4-10-20-18(13)15/h2,4-5,7-8,10-11,15H,3,6,9H2,1H3,(H,21,24)/t15-/m1/s1. The number of carbonyl (C=O) groups excluding carboxylic acids is 1. The molecule has 5 nitrogen and oxygen atoms in total. The lowest BCUT2D eigenvalue weighted by Crippen LogP contribution is -2.32. The van der Waals surface area contributed by atoms with Gasteiger partial charge < -0.3 is 5.32 Å². The van der Waals surface area contributed by atoms with Crippen LogP contribution in [0.3, 0.4) is 0 Å². The summed E-state index contributed by atoms with van der Waals surface area (Å²) in [5, 5.41) is 12.3. The van der Waals surface area contributed by atoms with Crippen LogP contribution in [0.15, 0.2) is 42.6 Å². The van der Waals surface area contributed by atoms with Crippen LogP contribution in [-0.2, 0) is 6.42 Å². The molecule has 0 saturated heterocycles. The summed E-state index contributed by atoms with van der Waals surface area (Å²) in [5.41, 5.74) is 4.42. The molecule has 5 heteroatoms. The van der Waals surface area contributed by atoms with Gasteiger partial charge in [0.15, 0.2) is 5.69 Å². The molecule has 0 fully saturated rings. The van der Waals surface area contributed by atoms with E-state index in [9.17, 15) is 4.79 Å². The molecule has 4 rings (SSSR count). The summed E-state index contributed by atoms with van der Waals surface area (Å²) >= 11 is 0. The quantitative estimate of drug-likeness (QED) is 0.788. The van der Waals surface area contributed by atoms with Gasteiger partial charge in [-0.1, -0.05) is 24.3 Å². The largest absolute Gasteiger partial charge is 0.342 e. The van der Waals surface area contributed by atoms with E-state index in [1.54, 1.807) is 12.3 Å². The smallest absolute Gasteiger partial charge is 0.272 e. The third-order valence-corrected chi connectivity index (χ3v) is 4.55. The lowest BCUT2D eigenvalue weighted by Gasteiger charge is -2.24. The van der Waals surface area contributed by atoms with Gasteiger partial charge in [0, 0.05) is 11.6 Å². The van der Waals surface area contributed by atoms with Crippen LogP contribution in [-0.4, -0.2) is 21.1 Å². The first-order valence-electron chi connectivity index (χ1n) is 8.20. The summed E-state index contributed by atoms with van der Waals surface area (Å²) in [7, 11) is 0. The molecular formula is C19H18N4O. The molecule has 2 heterocycles. The van der Waals surface area contributed by atoms with E-state index in [2.05, 4.69) is 26.6 Å². The third-order valence-electron chi connectivity index (χ3n) is 4.55. The Morgan fingerprint density at radius 1 is 1.21 bits per heavy atom. The predicted molar refractivity (Wildman–Crippen MR) is 91.7 cm³/mol. The zero-order valence-corrected chi connectivity index (χ0v) is 13.5. The minimum absolute atomic E-state index is 0.0579. The Labute approximate surface area is 140 Å².